The van der Waals surface area contributed by atoms with Crippen molar-refractivity contribution in [3.8, 4) is 0 Å². The van der Waals surface area contributed by atoms with Gasteiger partial charge in [-0.3, -0.25) is 4.79 Å². The summed E-state index contributed by atoms with van der Waals surface area (Å²) in [6.07, 6.45) is 2.64. The quantitative estimate of drug-likeness (QED) is 0.584. The summed E-state index contributed by atoms with van der Waals surface area (Å²) in [5, 5.41) is 11.8. The van der Waals surface area contributed by atoms with Crippen molar-refractivity contribution in [1.82, 2.24) is 10.2 Å². The van der Waals surface area contributed by atoms with Crippen molar-refractivity contribution in [1.29, 1.82) is 0 Å². The summed E-state index contributed by atoms with van der Waals surface area (Å²) in [5.74, 6) is -1.02. The van der Waals surface area contributed by atoms with Crippen molar-refractivity contribution < 1.29 is 9.90 Å². The Morgan fingerprint density at radius 2 is 2.29 bits per heavy atom. The fourth-order valence-electron chi connectivity index (χ4n) is 1.36. The Bertz CT molecular complexity index is 193. The van der Waals surface area contributed by atoms with Crippen molar-refractivity contribution in [2.75, 3.05) is 26.7 Å². The highest BCUT2D eigenvalue weighted by atomic mass is 16.4. The lowest BCUT2D eigenvalue weighted by molar-refractivity contribution is -0.140. The Hall–Kier alpha value is -0.610. The van der Waals surface area contributed by atoms with Crippen molar-refractivity contribution in [3.63, 3.8) is 0 Å². The van der Waals surface area contributed by atoms with Crippen LogP contribution in [0.5, 0.6) is 0 Å². The summed E-state index contributed by atoms with van der Waals surface area (Å²) in [6.45, 7) is 4.18. The average Bonchev–Trinajstić information content (AvgIpc) is 2.94. The molecule has 0 bridgehead atoms. The summed E-state index contributed by atoms with van der Waals surface area (Å²) in [4.78, 5) is 12.8. The van der Waals surface area contributed by atoms with E-state index in [0.29, 0.717) is 6.54 Å². The fourth-order valence-corrected chi connectivity index (χ4v) is 1.36. The zero-order valence-corrected chi connectivity index (χ0v) is 8.99. The monoisotopic (exact) mass is 200 g/mol. The number of carboxylic acids is 1. The third-order valence-electron chi connectivity index (χ3n) is 2.68. The molecule has 0 amide bonds. The normalized spacial score (nSPS) is 18.5. The number of rotatable bonds is 7. The Morgan fingerprint density at radius 1 is 1.64 bits per heavy atom. The highest BCUT2D eigenvalue weighted by Gasteiger charge is 2.25. The van der Waals surface area contributed by atoms with Gasteiger partial charge in [0.05, 0.1) is 5.92 Å². The molecular formula is C10H20N2O2. The van der Waals surface area contributed by atoms with E-state index in [9.17, 15) is 4.79 Å². The minimum atomic E-state index is -0.729. The molecular weight excluding hydrogens is 180 g/mol. The van der Waals surface area contributed by atoms with E-state index in [1.165, 1.54) is 12.8 Å². The van der Waals surface area contributed by atoms with Crippen LogP contribution in [-0.2, 0) is 4.79 Å². The van der Waals surface area contributed by atoms with Crippen LogP contribution in [0.1, 0.15) is 19.8 Å². The van der Waals surface area contributed by atoms with Crippen LogP contribution in [0.25, 0.3) is 0 Å². The van der Waals surface area contributed by atoms with Crippen LogP contribution in [0.15, 0.2) is 0 Å². The highest BCUT2D eigenvalue weighted by molar-refractivity contribution is 5.69. The Morgan fingerprint density at radius 3 is 2.79 bits per heavy atom. The second-order valence-corrected chi connectivity index (χ2v) is 4.16. The van der Waals surface area contributed by atoms with Crippen LogP contribution in [0.3, 0.4) is 0 Å². The lowest BCUT2D eigenvalue weighted by atomic mass is 10.2. The smallest absolute Gasteiger partial charge is 0.307 e. The van der Waals surface area contributed by atoms with Crippen LogP contribution in [0, 0.1) is 5.92 Å². The third-order valence-corrected chi connectivity index (χ3v) is 2.68. The highest BCUT2D eigenvalue weighted by Crippen LogP contribution is 2.24. The summed E-state index contributed by atoms with van der Waals surface area (Å²) < 4.78 is 0. The summed E-state index contributed by atoms with van der Waals surface area (Å²) in [5.41, 5.74) is 0. The van der Waals surface area contributed by atoms with Crippen molar-refractivity contribution >= 4 is 5.97 Å². The van der Waals surface area contributed by atoms with Gasteiger partial charge in [-0.25, -0.2) is 0 Å². The lowest BCUT2D eigenvalue weighted by Gasteiger charge is -2.16. The van der Waals surface area contributed by atoms with E-state index in [0.717, 1.165) is 19.1 Å². The predicted octanol–water partition coefficient (Wildman–Crippen LogP) is 0.391. The van der Waals surface area contributed by atoms with Gasteiger partial charge in [-0.2, -0.15) is 0 Å². The Kier molecular flexibility index (Phi) is 4.35. The van der Waals surface area contributed by atoms with Crippen LogP contribution in [-0.4, -0.2) is 48.7 Å². The largest absolute Gasteiger partial charge is 0.481 e. The molecule has 1 saturated carbocycles. The van der Waals surface area contributed by atoms with Gasteiger partial charge in [-0.1, -0.05) is 6.92 Å². The van der Waals surface area contributed by atoms with Gasteiger partial charge in [-0.05, 0) is 19.9 Å². The van der Waals surface area contributed by atoms with Crippen molar-refractivity contribution in [2.24, 2.45) is 5.92 Å². The molecule has 1 aliphatic rings. The minimum absolute atomic E-state index is 0.291. The predicted molar refractivity (Wildman–Crippen MR) is 55.3 cm³/mol. The molecule has 4 heteroatoms. The number of carboxylic acid groups (broad SMARTS) is 1. The number of aliphatic carboxylic acids is 1. The van der Waals surface area contributed by atoms with E-state index in [-0.39, 0.29) is 5.92 Å². The molecule has 0 aromatic carbocycles. The SMILES string of the molecule is CC(CNCCN(C)C1CC1)C(=O)O. The molecule has 0 saturated heterocycles. The molecule has 0 aromatic rings. The van der Waals surface area contributed by atoms with E-state index in [2.05, 4.69) is 17.3 Å². The lowest BCUT2D eigenvalue weighted by Crippen LogP contribution is -2.34. The fraction of sp³-hybridized carbons (Fsp3) is 0.900. The first-order valence-corrected chi connectivity index (χ1v) is 5.25. The molecule has 0 radical (unpaired) electrons. The van der Waals surface area contributed by atoms with Crippen LogP contribution in [0.2, 0.25) is 0 Å². The molecule has 0 aliphatic heterocycles. The number of nitrogens with zero attached hydrogens (tertiary/aromatic N) is 1. The topological polar surface area (TPSA) is 52.6 Å². The molecule has 82 valence electrons. The van der Waals surface area contributed by atoms with Gasteiger partial charge in [0, 0.05) is 25.7 Å². The molecule has 1 unspecified atom stereocenters. The zero-order chi connectivity index (χ0) is 10.6. The molecule has 0 aromatic heterocycles. The minimum Gasteiger partial charge on any atom is -0.481 e. The maximum absolute atomic E-state index is 10.5. The van der Waals surface area contributed by atoms with Gasteiger partial charge in [-0.15, -0.1) is 0 Å². The third kappa shape index (κ3) is 4.07. The van der Waals surface area contributed by atoms with E-state index in [4.69, 9.17) is 5.11 Å². The van der Waals surface area contributed by atoms with Gasteiger partial charge in [0.2, 0.25) is 0 Å². The molecule has 4 nitrogen and oxygen atoms in total. The second-order valence-electron chi connectivity index (χ2n) is 4.16. The van der Waals surface area contributed by atoms with E-state index >= 15 is 0 Å². The molecule has 2 N–H and O–H groups in total. The van der Waals surface area contributed by atoms with Gasteiger partial charge >= 0.3 is 5.97 Å². The van der Waals surface area contributed by atoms with Crippen molar-refractivity contribution in [2.45, 2.75) is 25.8 Å². The van der Waals surface area contributed by atoms with E-state index < -0.39 is 5.97 Å². The maximum Gasteiger partial charge on any atom is 0.307 e. The Balaban J connectivity index is 1.95. The summed E-state index contributed by atoms with van der Waals surface area (Å²) in [6, 6.07) is 0.786. The summed E-state index contributed by atoms with van der Waals surface area (Å²) in [7, 11) is 2.12. The van der Waals surface area contributed by atoms with Gasteiger partial charge in [0.15, 0.2) is 0 Å². The molecule has 14 heavy (non-hydrogen) atoms. The standard InChI is InChI=1S/C10H20N2O2/c1-8(10(13)14)7-11-5-6-12(2)9-3-4-9/h8-9,11H,3-7H2,1-2H3,(H,13,14). The number of carbonyl (C=O) groups is 1. The zero-order valence-electron chi connectivity index (χ0n) is 8.99. The Labute approximate surface area is 85.3 Å². The number of hydrogen-bond acceptors (Lipinski definition) is 3. The molecule has 1 atom stereocenters. The van der Waals surface area contributed by atoms with Gasteiger partial charge in [0.1, 0.15) is 0 Å². The van der Waals surface area contributed by atoms with E-state index in [1.54, 1.807) is 6.92 Å². The average molecular weight is 200 g/mol. The molecule has 0 spiro atoms. The molecule has 1 fully saturated rings. The van der Waals surface area contributed by atoms with Crippen molar-refractivity contribution in [3.05, 3.63) is 0 Å². The maximum atomic E-state index is 10.5. The first-order valence-electron chi connectivity index (χ1n) is 5.25. The number of hydrogen-bond donors (Lipinski definition) is 2. The van der Waals surface area contributed by atoms with Crippen LogP contribution in [0.4, 0.5) is 0 Å². The summed E-state index contributed by atoms with van der Waals surface area (Å²) >= 11 is 0. The number of likely N-dealkylation sites (N-methyl/N-ethyl adjacent to an activating group) is 1. The number of nitrogens with one attached hydrogen (secondary N) is 1. The van der Waals surface area contributed by atoms with E-state index in [1.807, 2.05) is 0 Å². The van der Waals surface area contributed by atoms with Gasteiger partial charge in [0.25, 0.3) is 0 Å². The molecule has 1 rings (SSSR count). The van der Waals surface area contributed by atoms with Gasteiger partial charge < -0.3 is 15.3 Å². The molecule has 0 heterocycles. The van der Waals surface area contributed by atoms with Crippen LogP contribution < -0.4 is 5.32 Å². The first-order chi connectivity index (χ1) is 6.61. The van der Waals surface area contributed by atoms with Crippen LogP contribution >= 0.6 is 0 Å². The first kappa shape index (κ1) is 11.5. The second kappa shape index (κ2) is 5.32. The molecule has 1 aliphatic carbocycles.